The highest BCUT2D eigenvalue weighted by atomic mass is 79.9. The highest BCUT2D eigenvalue weighted by molar-refractivity contribution is 9.10. The first-order valence-electron chi connectivity index (χ1n) is 6.89. The molecule has 0 spiro atoms. The van der Waals surface area contributed by atoms with E-state index >= 15 is 0 Å². The molecule has 0 fully saturated rings. The maximum atomic E-state index is 13.2. The third-order valence-corrected chi connectivity index (χ3v) is 4.56. The molecule has 1 aromatic heterocycles. The number of benzene rings is 1. The molecule has 0 aliphatic rings. The van der Waals surface area contributed by atoms with Crippen molar-refractivity contribution in [2.45, 2.75) is 25.8 Å². The highest BCUT2D eigenvalue weighted by Gasteiger charge is 2.14. The van der Waals surface area contributed by atoms with Gasteiger partial charge in [-0.25, -0.2) is 9.37 Å². The molecular formula is C15H18BrClFN3OS. The third kappa shape index (κ3) is 5.84. The molecule has 2 rings (SSSR count). The van der Waals surface area contributed by atoms with E-state index in [1.165, 1.54) is 17.4 Å². The van der Waals surface area contributed by atoms with Gasteiger partial charge in [0, 0.05) is 17.8 Å². The number of nitrogens with zero attached hydrogens (tertiary/aromatic N) is 1. The molecule has 0 radical (unpaired) electrons. The molecule has 1 unspecified atom stereocenters. The van der Waals surface area contributed by atoms with E-state index in [0.29, 0.717) is 29.6 Å². The van der Waals surface area contributed by atoms with Gasteiger partial charge in [-0.2, -0.15) is 0 Å². The standard InChI is InChI=1S/C15H17BrFN3OS.ClH/c1-9(6-10-2-3-12(17)11(16)7-10)19-15(21)13-8-22-14(20-13)4-5-18;/h2-3,7-9H,4-6,18H2,1H3,(H,19,21);1H. The molecule has 4 nitrogen and oxygen atoms in total. The molecule has 0 bridgehead atoms. The summed E-state index contributed by atoms with van der Waals surface area (Å²) in [6, 6.07) is 4.77. The van der Waals surface area contributed by atoms with Crippen LogP contribution in [0.5, 0.6) is 0 Å². The maximum absolute atomic E-state index is 13.2. The normalized spacial score (nSPS) is 11.7. The predicted molar refractivity (Wildman–Crippen MR) is 96.9 cm³/mol. The first-order chi connectivity index (χ1) is 10.5. The second kappa shape index (κ2) is 9.32. The lowest BCUT2D eigenvalue weighted by atomic mass is 10.1. The summed E-state index contributed by atoms with van der Waals surface area (Å²) in [4.78, 5) is 16.4. The zero-order valence-corrected chi connectivity index (χ0v) is 15.7. The van der Waals surface area contributed by atoms with Crippen LogP contribution >= 0.6 is 39.7 Å². The number of nitrogens with two attached hydrogens (primary N) is 1. The number of amides is 1. The van der Waals surface area contributed by atoms with Gasteiger partial charge in [0.05, 0.1) is 9.48 Å². The van der Waals surface area contributed by atoms with Gasteiger partial charge in [0.15, 0.2) is 0 Å². The summed E-state index contributed by atoms with van der Waals surface area (Å²) in [5.74, 6) is -0.497. The van der Waals surface area contributed by atoms with Crippen LogP contribution in [0.4, 0.5) is 4.39 Å². The summed E-state index contributed by atoms with van der Waals surface area (Å²) in [6.07, 6.45) is 1.29. The number of nitrogens with one attached hydrogen (secondary N) is 1. The summed E-state index contributed by atoms with van der Waals surface area (Å²) >= 11 is 4.60. The van der Waals surface area contributed by atoms with E-state index in [2.05, 4.69) is 26.2 Å². The minimum absolute atomic E-state index is 0. The molecule has 0 saturated heterocycles. The summed E-state index contributed by atoms with van der Waals surface area (Å²) < 4.78 is 13.6. The molecule has 1 atom stereocenters. The Balaban J connectivity index is 0.00000264. The van der Waals surface area contributed by atoms with Gasteiger partial charge in [-0.1, -0.05) is 6.07 Å². The number of rotatable bonds is 6. The van der Waals surface area contributed by atoms with Crippen LogP contribution in [0.1, 0.15) is 28.0 Å². The van der Waals surface area contributed by atoms with Crippen molar-refractivity contribution in [3.63, 3.8) is 0 Å². The second-order valence-corrected chi connectivity index (χ2v) is 6.79. The molecule has 1 amide bonds. The Hall–Kier alpha value is -1.02. The van der Waals surface area contributed by atoms with Gasteiger partial charge in [-0.15, -0.1) is 23.7 Å². The van der Waals surface area contributed by atoms with Gasteiger partial charge in [-0.3, -0.25) is 4.79 Å². The highest BCUT2D eigenvalue weighted by Crippen LogP contribution is 2.18. The van der Waals surface area contributed by atoms with Crippen molar-refractivity contribution < 1.29 is 9.18 Å². The number of carbonyl (C=O) groups excluding carboxylic acids is 1. The number of hydrogen-bond acceptors (Lipinski definition) is 4. The molecule has 2 aromatic rings. The summed E-state index contributed by atoms with van der Waals surface area (Å²) in [5, 5.41) is 5.50. The van der Waals surface area contributed by atoms with Crippen LogP contribution in [0.15, 0.2) is 28.1 Å². The molecule has 0 saturated carbocycles. The predicted octanol–water partition coefficient (Wildman–Crippen LogP) is 3.33. The van der Waals surface area contributed by atoms with E-state index in [0.717, 1.165) is 10.6 Å². The Morgan fingerprint density at radius 3 is 2.91 bits per heavy atom. The lowest BCUT2D eigenvalue weighted by Gasteiger charge is -2.13. The Morgan fingerprint density at radius 1 is 1.52 bits per heavy atom. The van der Waals surface area contributed by atoms with Crippen molar-refractivity contribution in [2.24, 2.45) is 5.73 Å². The maximum Gasteiger partial charge on any atom is 0.270 e. The van der Waals surface area contributed by atoms with Crippen molar-refractivity contribution in [1.29, 1.82) is 0 Å². The van der Waals surface area contributed by atoms with Crippen LogP contribution in [-0.4, -0.2) is 23.5 Å². The first-order valence-corrected chi connectivity index (χ1v) is 8.56. The van der Waals surface area contributed by atoms with Crippen molar-refractivity contribution >= 4 is 45.6 Å². The second-order valence-electron chi connectivity index (χ2n) is 4.99. The minimum Gasteiger partial charge on any atom is -0.348 e. The van der Waals surface area contributed by atoms with E-state index in [1.807, 2.05) is 6.92 Å². The molecule has 8 heteroatoms. The van der Waals surface area contributed by atoms with Crippen LogP contribution in [0.2, 0.25) is 0 Å². The van der Waals surface area contributed by atoms with Gasteiger partial charge in [0.25, 0.3) is 5.91 Å². The monoisotopic (exact) mass is 421 g/mol. The lowest BCUT2D eigenvalue weighted by molar-refractivity contribution is 0.0935. The fraction of sp³-hybridized carbons (Fsp3) is 0.333. The Kier molecular flexibility index (Phi) is 8.11. The molecule has 0 aliphatic carbocycles. The topological polar surface area (TPSA) is 68.0 Å². The molecule has 126 valence electrons. The van der Waals surface area contributed by atoms with Gasteiger partial charge in [-0.05, 0) is 53.5 Å². The van der Waals surface area contributed by atoms with E-state index in [9.17, 15) is 9.18 Å². The SMILES string of the molecule is CC(Cc1ccc(F)c(Br)c1)NC(=O)c1csc(CCN)n1.Cl. The fourth-order valence-corrected chi connectivity index (χ4v) is 3.24. The summed E-state index contributed by atoms with van der Waals surface area (Å²) in [5.41, 5.74) is 6.84. The molecular weight excluding hydrogens is 405 g/mol. The van der Waals surface area contributed by atoms with E-state index in [-0.39, 0.29) is 30.2 Å². The zero-order valence-electron chi connectivity index (χ0n) is 12.5. The number of hydrogen-bond donors (Lipinski definition) is 2. The Bertz CT molecular complexity index is 668. The lowest BCUT2D eigenvalue weighted by Crippen LogP contribution is -2.34. The van der Waals surface area contributed by atoms with Crippen LogP contribution in [0.3, 0.4) is 0 Å². The molecule has 0 aliphatic heterocycles. The fourth-order valence-electron chi connectivity index (χ4n) is 2.02. The van der Waals surface area contributed by atoms with E-state index in [1.54, 1.807) is 17.5 Å². The van der Waals surface area contributed by atoms with Crippen molar-refractivity contribution in [3.05, 3.63) is 50.1 Å². The van der Waals surface area contributed by atoms with E-state index in [4.69, 9.17) is 5.73 Å². The quantitative estimate of drug-likeness (QED) is 0.750. The van der Waals surface area contributed by atoms with Crippen molar-refractivity contribution in [2.75, 3.05) is 6.54 Å². The first kappa shape index (κ1) is 20.0. The number of carbonyl (C=O) groups is 1. The molecule has 1 heterocycles. The zero-order chi connectivity index (χ0) is 16.1. The van der Waals surface area contributed by atoms with Crippen LogP contribution in [-0.2, 0) is 12.8 Å². The van der Waals surface area contributed by atoms with E-state index < -0.39 is 0 Å². The third-order valence-electron chi connectivity index (χ3n) is 3.05. The smallest absolute Gasteiger partial charge is 0.270 e. The average Bonchev–Trinajstić information content (AvgIpc) is 2.92. The Labute approximate surface area is 153 Å². The van der Waals surface area contributed by atoms with Gasteiger partial charge < -0.3 is 11.1 Å². The average molecular weight is 423 g/mol. The van der Waals surface area contributed by atoms with Crippen molar-refractivity contribution in [1.82, 2.24) is 10.3 Å². The summed E-state index contributed by atoms with van der Waals surface area (Å²) in [6.45, 7) is 2.42. The van der Waals surface area contributed by atoms with Crippen LogP contribution < -0.4 is 11.1 Å². The minimum atomic E-state index is -0.296. The van der Waals surface area contributed by atoms with Gasteiger partial charge in [0.1, 0.15) is 11.5 Å². The van der Waals surface area contributed by atoms with Crippen LogP contribution in [0.25, 0.3) is 0 Å². The van der Waals surface area contributed by atoms with Crippen molar-refractivity contribution in [3.8, 4) is 0 Å². The van der Waals surface area contributed by atoms with Gasteiger partial charge >= 0.3 is 0 Å². The largest absolute Gasteiger partial charge is 0.348 e. The number of aromatic nitrogens is 1. The van der Waals surface area contributed by atoms with Crippen LogP contribution in [0, 0.1) is 5.82 Å². The number of thiazole rings is 1. The molecule has 3 N–H and O–H groups in total. The van der Waals surface area contributed by atoms with Gasteiger partial charge in [0.2, 0.25) is 0 Å². The Morgan fingerprint density at radius 2 is 2.26 bits per heavy atom. The summed E-state index contributed by atoms with van der Waals surface area (Å²) in [7, 11) is 0. The number of halogens is 3. The molecule has 23 heavy (non-hydrogen) atoms. The molecule has 1 aromatic carbocycles.